The first-order chi connectivity index (χ1) is 42.6. The summed E-state index contributed by atoms with van der Waals surface area (Å²) in [7, 11) is 0. The summed E-state index contributed by atoms with van der Waals surface area (Å²) in [5.74, 6) is 3.43. The first-order valence-corrected chi connectivity index (χ1v) is 28.7. The third-order valence-corrected chi connectivity index (χ3v) is 16.1. The quantitative estimate of drug-likeness (QED) is 0.126. The van der Waals surface area contributed by atoms with Crippen LogP contribution in [0.1, 0.15) is 0 Å². The standard InChI is InChI=1S/C78H48N6O2/c1-5-18-49(19-6-1)50-40-44-54(45-41-50)61-28-14-30-63-65-32-16-34-67(71(65)85-69(61)63)78-83-75(57-24-11-4-12-25-57)80-76(84-78)58-46-42-52(43-47-58)51-36-38-53(39-37-51)59-26-13-27-60(48-59)62-29-15-31-64-66-33-17-35-68(72(66)86-70(62)64)77-81-73(55-20-7-2-8-21-55)79-74(82-77)56-22-9-3-10-23-56/h1-48H. The molecule has 0 amide bonds. The van der Waals surface area contributed by atoms with E-state index in [0.29, 0.717) is 34.9 Å². The van der Waals surface area contributed by atoms with Crippen LogP contribution in [0.25, 0.3) is 168 Å². The van der Waals surface area contributed by atoms with Gasteiger partial charge in [0, 0.05) is 54.9 Å². The lowest BCUT2D eigenvalue weighted by Gasteiger charge is -2.10. The Morgan fingerprint density at radius 2 is 0.407 bits per heavy atom. The maximum absolute atomic E-state index is 6.95. The van der Waals surface area contributed by atoms with Gasteiger partial charge in [0.05, 0.1) is 11.1 Å². The molecule has 0 aliphatic heterocycles. The van der Waals surface area contributed by atoms with Crippen molar-refractivity contribution in [1.82, 2.24) is 29.9 Å². The van der Waals surface area contributed by atoms with Gasteiger partial charge in [-0.15, -0.1) is 0 Å². The molecule has 16 aromatic rings. The minimum atomic E-state index is 0.533. The Hall–Kier alpha value is -11.7. The zero-order valence-corrected chi connectivity index (χ0v) is 46.2. The van der Waals surface area contributed by atoms with E-state index in [-0.39, 0.29) is 0 Å². The predicted molar refractivity (Wildman–Crippen MR) is 348 cm³/mol. The van der Waals surface area contributed by atoms with Crippen LogP contribution in [0.3, 0.4) is 0 Å². The van der Waals surface area contributed by atoms with Crippen molar-refractivity contribution in [1.29, 1.82) is 0 Å². The number of aromatic nitrogens is 6. The van der Waals surface area contributed by atoms with E-state index in [2.05, 4.69) is 176 Å². The fourth-order valence-electron chi connectivity index (χ4n) is 11.7. The first-order valence-electron chi connectivity index (χ1n) is 28.7. The number of fused-ring (bicyclic) bond motifs is 6. The van der Waals surface area contributed by atoms with Gasteiger partial charge in [-0.25, -0.2) is 29.9 Å². The van der Waals surface area contributed by atoms with E-state index < -0.39 is 0 Å². The van der Waals surface area contributed by atoms with E-state index in [0.717, 1.165) is 127 Å². The number of benzene rings is 12. The minimum Gasteiger partial charge on any atom is -0.455 e. The Kier molecular flexibility index (Phi) is 12.3. The van der Waals surface area contributed by atoms with Gasteiger partial charge < -0.3 is 8.83 Å². The molecule has 8 nitrogen and oxygen atoms in total. The number of nitrogens with zero attached hydrogens (tertiary/aromatic N) is 6. The highest BCUT2D eigenvalue weighted by atomic mass is 16.3. The molecule has 0 saturated carbocycles. The van der Waals surface area contributed by atoms with Crippen LogP contribution in [0.15, 0.2) is 300 Å². The molecule has 86 heavy (non-hydrogen) atoms. The van der Waals surface area contributed by atoms with Crippen molar-refractivity contribution in [2.45, 2.75) is 0 Å². The molecular weight excluding hydrogens is 1050 g/mol. The Morgan fingerprint density at radius 3 is 0.802 bits per heavy atom. The second-order valence-corrected chi connectivity index (χ2v) is 21.3. The van der Waals surface area contributed by atoms with Crippen molar-refractivity contribution in [2.24, 2.45) is 0 Å². The average Bonchev–Trinajstić information content (AvgIpc) is 2.12. The Morgan fingerprint density at radius 1 is 0.163 bits per heavy atom. The normalized spacial score (nSPS) is 11.5. The Balaban J connectivity index is 0.698. The van der Waals surface area contributed by atoms with E-state index in [9.17, 15) is 0 Å². The summed E-state index contributed by atoms with van der Waals surface area (Å²) in [5.41, 5.74) is 19.1. The predicted octanol–water partition coefficient (Wildman–Crippen LogP) is 20.2. The topological polar surface area (TPSA) is 104 Å². The molecule has 4 heterocycles. The van der Waals surface area contributed by atoms with Crippen LogP contribution < -0.4 is 0 Å². The monoisotopic (exact) mass is 1100 g/mol. The van der Waals surface area contributed by atoms with E-state index in [1.54, 1.807) is 0 Å². The number of rotatable bonds is 11. The maximum atomic E-state index is 6.95. The lowest BCUT2D eigenvalue weighted by atomic mass is 9.96. The molecule has 0 bridgehead atoms. The van der Waals surface area contributed by atoms with Gasteiger partial charge in [-0.05, 0) is 62.7 Å². The molecule has 0 saturated heterocycles. The molecule has 16 rings (SSSR count). The molecular formula is C78H48N6O2. The number of hydrogen-bond donors (Lipinski definition) is 0. The second kappa shape index (κ2) is 21.2. The van der Waals surface area contributed by atoms with E-state index in [4.69, 9.17) is 38.7 Å². The highest BCUT2D eigenvalue weighted by molar-refractivity contribution is 6.14. The molecule has 4 aromatic heterocycles. The van der Waals surface area contributed by atoms with Crippen molar-refractivity contribution >= 4 is 43.9 Å². The van der Waals surface area contributed by atoms with Crippen molar-refractivity contribution in [3.05, 3.63) is 291 Å². The summed E-state index contributed by atoms with van der Waals surface area (Å²) in [5, 5.41) is 4.04. The largest absolute Gasteiger partial charge is 0.455 e. The second-order valence-electron chi connectivity index (χ2n) is 21.3. The van der Waals surface area contributed by atoms with Gasteiger partial charge in [0.1, 0.15) is 22.3 Å². The highest BCUT2D eigenvalue weighted by Crippen LogP contribution is 2.43. The van der Waals surface area contributed by atoms with Gasteiger partial charge in [0.25, 0.3) is 0 Å². The van der Waals surface area contributed by atoms with Crippen molar-refractivity contribution in [3.63, 3.8) is 0 Å². The number of para-hydroxylation sites is 4. The van der Waals surface area contributed by atoms with Crippen LogP contribution in [-0.4, -0.2) is 29.9 Å². The fourth-order valence-corrected chi connectivity index (χ4v) is 11.7. The maximum Gasteiger partial charge on any atom is 0.167 e. The summed E-state index contributed by atoms with van der Waals surface area (Å²) in [6.07, 6.45) is 0. The number of hydrogen-bond acceptors (Lipinski definition) is 8. The van der Waals surface area contributed by atoms with E-state index >= 15 is 0 Å². The third kappa shape index (κ3) is 9.15. The van der Waals surface area contributed by atoms with Crippen LogP contribution in [0.5, 0.6) is 0 Å². The molecule has 0 spiro atoms. The molecule has 0 aliphatic carbocycles. The number of furan rings is 2. The van der Waals surface area contributed by atoms with Crippen LogP contribution >= 0.6 is 0 Å². The van der Waals surface area contributed by atoms with Gasteiger partial charge in [-0.3, -0.25) is 0 Å². The van der Waals surface area contributed by atoms with E-state index in [1.807, 2.05) is 115 Å². The molecule has 8 heteroatoms. The molecule has 0 aliphatic rings. The summed E-state index contributed by atoms with van der Waals surface area (Å²) in [6, 6.07) is 100. The fraction of sp³-hybridized carbons (Fsp3) is 0. The smallest absolute Gasteiger partial charge is 0.167 e. The summed E-state index contributed by atoms with van der Waals surface area (Å²) in [4.78, 5) is 30.4. The molecule has 12 aromatic carbocycles. The van der Waals surface area contributed by atoms with Crippen molar-refractivity contribution in [2.75, 3.05) is 0 Å². The van der Waals surface area contributed by atoms with Gasteiger partial charge in [0.15, 0.2) is 34.9 Å². The molecule has 402 valence electrons. The minimum absolute atomic E-state index is 0.533. The van der Waals surface area contributed by atoms with Crippen LogP contribution in [-0.2, 0) is 0 Å². The molecule has 0 atom stereocenters. The molecule has 0 radical (unpaired) electrons. The van der Waals surface area contributed by atoms with Crippen molar-refractivity contribution < 1.29 is 8.83 Å². The summed E-state index contributed by atoms with van der Waals surface area (Å²) in [6.45, 7) is 0. The van der Waals surface area contributed by atoms with Crippen LogP contribution in [0.4, 0.5) is 0 Å². The van der Waals surface area contributed by atoms with Gasteiger partial charge in [-0.1, -0.05) is 273 Å². The van der Waals surface area contributed by atoms with Crippen LogP contribution in [0, 0.1) is 0 Å². The van der Waals surface area contributed by atoms with Crippen molar-refractivity contribution in [3.8, 4) is 124 Å². The SMILES string of the molecule is c1ccc(-c2ccc(-c3cccc4c3oc3c(-c5nc(-c6ccccc6)nc(-c6ccc(-c7ccc(-c8cccc(-c9cccc%10c9oc9c(-c%11nc(-c%12ccccc%12)nc(-c%12ccccc%12)n%11)cccc9%10)c8)cc7)cc6)n5)cccc34)cc2)cc1. The Bertz CT molecular complexity index is 5130. The van der Waals surface area contributed by atoms with Crippen LogP contribution in [0.2, 0.25) is 0 Å². The zero-order valence-electron chi connectivity index (χ0n) is 46.2. The summed E-state index contributed by atoms with van der Waals surface area (Å²) >= 11 is 0. The average molecular weight is 1100 g/mol. The lowest BCUT2D eigenvalue weighted by Crippen LogP contribution is -2.00. The van der Waals surface area contributed by atoms with Gasteiger partial charge in [-0.2, -0.15) is 0 Å². The molecule has 0 unspecified atom stereocenters. The first kappa shape index (κ1) is 50.0. The highest BCUT2D eigenvalue weighted by Gasteiger charge is 2.22. The zero-order chi connectivity index (χ0) is 56.9. The van der Waals surface area contributed by atoms with E-state index in [1.165, 1.54) is 5.56 Å². The molecule has 0 N–H and O–H groups in total. The van der Waals surface area contributed by atoms with Gasteiger partial charge in [0.2, 0.25) is 0 Å². The summed E-state index contributed by atoms with van der Waals surface area (Å²) < 4.78 is 13.9. The van der Waals surface area contributed by atoms with Gasteiger partial charge >= 0.3 is 0 Å². The third-order valence-electron chi connectivity index (χ3n) is 16.1. The lowest BCUT2D eigenvalue weighted by molar-refractivity contribution is 0.670. The Labute approximate surface area is 495 Å². The molecule has 0 fully saturated rings.